The van der Waals surface area contributed by atoms with Crippen molar-refractivity contribution in [3.63, 3.8) is 0 Å². The maximum Gasteiger partial charge on any atom is 0.0379 e. The lowest BCUT2D eigenvalue weighted by Crippen LogP contribution is -2.00. The number of nitrogens with two attached hydrogens (primary N) is 1. The van der Waals surface area contributed by atoms with E-state index >= 15 is 0 Å². The second-order valence-corrected chi connectivity index (χ2v) is 4.23. The number of benzene rings is 1. The van der Waals surface area contributed by atoms with Gasteiger partial charge in [0.15, 0.2) is 0 Å². The van der Waals surface area contributed by atoms with Gasteiger partial charge in [-0.2, -0.15) is 0 Å². The molecule has 2 N–H and O–H groups in total. The van der Waals surface area contributed by atoms with Crippen molar-refractivity contribution in [1.82, 2.24) is 0 Å². The molecule has 0 atom stereocenters. The van der Waals surface area contributed by atoms with E-state index in [0.717, 1.165) is 24.9 Å². The smallest absolute Gasteiger partial charge is 0.0379 e. The molecular formula is C14H21N. The molecule has 0 bridgehead atoms. The fraction of sp³-hybridized carbons (Fsp3) is 0.429. The van der Waals surface area contributed by atoms with Crippen LogP contribution in [0.3, 0.4) is 0 Å². The summed E-state index contributed by atoms with van der Waals surface area (Å²) in [5, 5.41) is 0. The molecule has 0 fully saturated rings. The first kappa shape index (κ1) is 11.8. The highest BCUT2D eigenvalue weighted by Crippen LogP contribution is 2.23. The molecule has 0 aliphatic rings. The lowest BCUT2D eigenvalue weighted by molar-refractivity contribution is 0.943. The molecule has 15 heavy (non-hydrogen) atoms. The van der Waals surface area contributed by atoms with Gasteiger partial charge in [0.25, 0.3) is 0 Å². The third-order valence-corrected chi connectivity index (χ3v) is 2.92. The van der Waals surface area contributed by atoms with Crippen LogP contribution in [0.5, 0.6) is 0 Å². The Bertz CT molecular complexity index is 364. The van der Waals surface area contributed by atoms with Gasteiger partial charge in [-0.05, 0) is 49.8 Å². The molecule has 0 saturated carbocycles. The van der Waals surface area contributed by atoms with Crippen LogP contribution in [0.15, 0.2) is 24.3 Å². The maximum atomic E-state index is 6.12. The van der Waals surface area contributed by atoms with Gasteiger partial charge in [-0.3, -0.25) is 0 Å². The first-order valence-electron chi connectivity index (χ1n) is 5.57. The molecule has 1 rings (SSSR count). The second kappa shape index (κ2) is 5.01. The standard InChI is InChI=1S/C14H21N/c1-5-12-8-9-13(7-6-10(2)3)14(15)11(12)4/h8-9H,2,5-7,15H2,1,3-4H3. The van der Waals surface area contributed by atoms with Gasteiger partial charge >= 0.3 is 0 Å². The normalized spacial score (nSPS) is 10.3. The van der Waals surface area contributed by atoms with E-state index in [4.69, 9.17) is 5.73 Å². The van der Waals surface area contributed by atoms with E-state index in [1.807, 2.05) is 0 Å². The number of anilines is 1. The minimum atomic E-state index is 0.968. The molecule has 0 spiro atoms. The Labute approximate surface area is 93.0 Å². The molecule has 1 aromatic rings. The first-order valence-corrected chi connectivity index (χ1v) is 5.57. The van der Waals surface area contributed by atoms with Crippen molar-refractivity contribution in [2.75, 3.05) is 5.73 Å². The number of hydrogen-bond donors (Lipinski definition) is 1. The van der Waals surface area contributed by atoms with Gasteiger partial charge in [0.1, 0.15) is 0 Å². The molecule has 0 saturated heterocycles. The quantitative estimate of drug-likeness (QED) is 0.586. The number of aryl methyl sites for hydroxylation is 2. The van der Waals surface area contributed by atoms with E-state index in [2.05, 4.69) is 39.5 Å². The summed E-state index contributed by atoms with van der Waals surface area (Å²) in [6.07, 6.45) is 3.08. The molecule has 0 unspecified atom stereocenters. The van der Waals surface area contributed by atoms with Crippen molar-refractivity contribution in [2.24, 2.45) is 0 Å². The van der Waals surface area contributed by atoms with E-state index < -0.39 is 0 Å². The Morgan fingerprint density at radius 3 is 2.47 bits per heavy atom. The fourth-order valence-corrected chi connectivity index (χ4v) is 1.78. The average molecular weight is 203 g/mol. The van der Waals surface area contributed by atoms with E-state index in [0.29, 0.717) is 0 Å². The van der Waals surface area contributed by atoms with E-state index in [1.165, 1.54) is 22.3 Å². The van der Waals surface area contributed by atoms with Gasteiger partial charge in [-0.1, -0.05) is 24.6 Å². The molecule has 0 aliphatic heterocycles. The van der Waals surface area contributed by atoms with Gasteiger partial charge in [-0.15, -0.1) is 6.58 Å². The van der Waals surface area contributed by atoms with Crippen LogP contribution in [-0.4, -0.2) is 0 Å². The highest BCUT2D eigenvalue weighted by atomic mass is 14.6. The summed E-state index contributed by atoms with van der Waals surface area (Å²) in [7, 11) is 0. The van der Waals surface area contributed by atoms with Crippen LogP contribution in [0.25, 0.3) is 0 Å². The van der Waals surface area contributed by atoms with Crippen molar-refractivity contribution in [3.05, 3.63) is 41.0 Å². The molecular weight excluding hydrogens is 182 g/mol. The van der Waals surface area contributed by atoms with E-state index in [1.54, 1.807) is 0 Å². The van der Waals surface area contributed by atoms with E-state index in [9.17, 15) is 0 Å². The fourth-order valence-electron chi connectivity index (χ4n) is 1.78. The van der Waals surface area contributed by atoms with Crippen molar-refractivity contribution in [3.8, 4) is 0 Å². The number of allylic oxidation sites excluding steroid dienone is 1. The number of nitrogen functional groups attached to an aromatic ring is 1. The highest BCUT2D eigenvalue weighted by molar-refractivity contribution is 5.56. The van der Waals surface area contributed by atoms with Crippen LogP contribution < -0.4 is 5.73 Å². The topological polar surface area (TPSA) is 26.0 Å². The summed E-state index contributed by atoms with van der Waals surface area (Å²) in [4.78, 5) is 0. The summed E-state index contributed by atoms with van der Waals surface area (Å²) in [6, 6.07) is 4.35. The van der Waals surface area contributed by atoms with E-state index in [-0.39, 0.29) is 0 Å². The van der Waals surface area contributed by atoms with Crippen molar-refractivity contribution < 1.29 is 0 Å². The molecule has 82 valence electrons. The average Bonchev–Trinajstić information content (AvgIpc) is 2.20. The Balaban J connectivity index is 2.91. The van der Waals surface area contributed by atoms with Crippen molar-refractivity contribution >= 4 is 5.69 Å². The zero-order chi connectivity index (χ0) is 11.4. The Morgan fingerprint density at radius 1 is 1.33 bits per heavy atom. The van der Waals surface area contributed by atoms with Crippen LogP contribution >= 0.6 is 0 Å². The monoisotopic (exact) mass is 203 g/mol. The molecule has 0 aromatic heterocycles. The van der Waals surface area contributed by atoms with Crippen LogP contribution in [0.2, 0.25) is 0 Å². The zero-order valence-electron chi connectivity index (χ0n) is 10.1. The lowest BCUT2D eigenvalue weighted by Gasteiger charge is -2.12. The van der Waals surface area contributed by atoms with Gasteiger partial charge < -0.3 is 5.73 Å². The predicted octanol–water partition coefficient (Wildman–Crippen LogP) is 3.65. The third-order valence-electron chi connectivity index (χ3n) is 2.92. The number of rotatable bonds is 4. The van der Waals surface area contributed by atoms with Gasteiger partial charge in [0.05, 0.1) is 0 Å². The molecule has 1 aromatic carbocycles. The summed E-state index contributed by atoms with van der Waals surface area (Å²) >= 11 is 0. The summed E-state index contributed by atoms with van der Waals surface area (Å²) < 4.78 is 0. The third kappa shape index (κ3) is 2.85. The molecule has 0 radical (unpaired) electrons. The minimum absolute atomic E-state index is 0.968. The van der Waals surface area contributed by atoms with Crippen LogP contribution in [0, 0.1) is 6.92 Å². The van der Waals surface area contributed by atoms with Crippen LogP contribution in [-0.2, 0) is 12.8 Å². The molecule has 1 heteroatoms. The second-order valence-electron chi connectivity index (χ2n) is 4.23. The molecule has 0 aliphatic carbocycles. The van der Waals surface area contributed by atoms with Crippen LogP contribution in [0.1, 0.15) is 37.0 Å². The lowest BCUT2D eigenvalue weighted by atomic mass is 9.97. The SMILES string of the molecule is C=C(C)CCc1ccc(CC)c(C)c1N. The first-order chi connectivity index (χ1) is 7.06. The minimum Gasteiger partial charge on any atom is -0.398 e. The van der Waals surface area contributed by atoms with Crippen molar-refractivity contribution in [2.45, 2.75) is 40.0 Å². The van der Waals surface area contributed by atoms with Gasteiger partial charge in [0.2, 0.25) is 0 Å². The van der Waals surface area contributed by atoms with Crippen molar-refractivity contribution in [1.29, 1.82) is 0 Å². The predicted molar refractivity (Wildman–Crippen MR) is 68.1 cm³/mol. The van der Waals surface area contributed by atoms with Gasteiger partial charge in [-0.25, -0.2) is 0 Å². The Morgan fingerprint density at radius 2 is 1.93 bits per heavy atom. The number of hydrogen-bond acceptors (Lipinski definition) is 1. The Hall–Kier alpha value is -1.24. The molecule has 0 heterocycles. The largest absolute Gasteiger partial charge is 0.398 e. The van der Waals surface area contributed by atoms with Crippen LogP contribution in [0.4, 0.5) is 5.69 Å². The highest BCUT2D eigenvalue weighted by Gasteiger charge is 2.05. The summed E-state index contributed by atoms with van der Waals surface area (Å²) in [5.41, 5.74) is 12.2. The summed E-state index contributed by atoms with van der Waals surface area (Å²) in [6.45, 7) is 10.2. The summed E-state index contributed by atoms with van der Waals surface area (Å²) in [5.74, 6) is 0. The zero-order valence-corrected chi connectivity index (χ0v) is 10.1. The molecule has 0 amide bonds. The maximum absolute atomic E-state index is 6.12. The van der Waals surface area contributed by atoms with Gasteiger partial charge in [0, 0.05) is 5.69 Å². The Kier molecular flexibility index (Phi) is 3.96. The molecule has 1 nitrogen and oxygen atoms in total.